The fourth-order valence-electron chi connectivity index (χ4n) is 3.26. The topological polar surface area (TPSA) is 73.3 Å². The minimum atomic E-state index is -0.596. The van der Waals surface area contributed by atoms with Crippen molar-refractivity contribution in [1.82, 2.24) is 9.55 Å². The van der Waals surface area contributed by atoms with Crippen LogP contribution in [0.1, 0.15) is 38.6 Å². The van der Waals surface area contributed by atoms with Crippen molar-refractivity contribution in [3.8, 4) is 0 Å². The van der Waals surface area contributed by atoms with E-state index in [0.29, 0.717) is 23.5 Å². The molecule has 0 aliphatic carbocycles. The average molecular weight is 289 g/mol. The van der Waals surface area contributed by atoms with Crippen LogP contribution in [-0.4, -0.2) is 27.4 Å². The summed E-state index contributed by atoms with van der Waals surface area (Å²) in [7, 11) is 0. The maximum absolute atomic E-state index is 10.0. The molecule has 3 rings (SSSR count). The van der Waals surface area contributed by atoms with E-state index in [0.717, 1.165) is 37.0 Å². The molecule has 0 radical (unpaired) electrons. The number of hydrogen-bond donors (Lipinski definition) is 2. The second-order valence-electron chi connectivity index (χ2n) is 5.87. The highest BCUT2D eigenvalue weighted by Gasteiger charge is 2.28. The van der Waals surface area contributed by atoms with Gasteiger partial charge >= 0.3 is 0 Å². The van der Waals surface area contributed by atoms with E-state index in [2.05, 4.69) is 16.5 Å². The lowest BCUT2D eigenvalue weighted by atomic mass is 9.99. The van der Waals surface area contributed by atoms with E-state index >= 15 is 0 Å². The smallest absolute Gasteiger partial charge is 0.138 e. The fraction of sp³-hybridized carbons (Fsp3) is 0.562. The van der Waals surface area contributed by atoms with Gasteiger partial charge in [0.1, 0.15) is 11.9 Å². The molecule has 3 N–H and O–H groups in total. The van der Waals surface area contributed by atoms with Crippen LogP contribution in [0.5, 0.6) is 0 Å². The van der Waals surface area contributed by atoms with E-state index < -0.39 is 6.10 Å². The van der Waals surface area contributed by atoms with Crippen molar-refractivity contribution in [2.24, 2.45) is 5.92 Å². The van der Waals surface area contributed by atoms with Crippen molar-refractivity contribution >= 4 is 16.7 Å². The highest BCUT2D eigenvalue weighted by atomic mass is 16.5. The number of nitrogens with zero attached hydrogens (tertiary/aromatic N) is 2. The molecule has 1 saturated heterocycles. The molecule has 5 nitrogen and oxygen atoms in total. The number of hydrogen-bond acceptors (Lipinski definition) is 4. The zero-order chi connectivity index (χ0) is 15.0. The van der Waals surface area contributed by atoms with Gasteiger partial charge in [0.05, 0.1) is 17.1 Å². The van der Waals surface area contributed by atoms with Crippen LogP contribution in [0.3, 0.4) is 0 Å². The molecule has 5 heteroatoms. The third-order valence-corrected chi connectivity index (χ3v) is 4.34. The lowest BCUT2D eigenvalue weighted by molar-refractivity contribution is 0.0826. The molecule has 1 fully saturated rings. The van der Waals surface area contributed by atoms with Crippen LogP contribution in [0.15, 0.2) is 18.2 Å². The van der Waals surface area contributed by atoms with Gasteiger partial charge in [0.2, 0.25) is 0 Å². The molecule has 1 aliphatic heterocycles. The molecule has 0 amide bonds. The number of fused-ring (bicyclic) bond motifs is 1. The number of benzene rings is 1. The number of ether oxygens (including phenoxy) is 1. The van der Waals surface area contributed by atoms with Crippen LogP contribution >= 0.6 is 0 Å². The molecule has 2 heterocycles. The second kappa shape index (κ2) is 5.66. The Hall–Kier alpha value is -1.59. The Bertz CT molecular complexity index is 636. The van der Waals surface area contributed by atoms with E-state index in [9.17, 15) is 5.11 Å². The van der Waals surface area contributed by atoms with Gasteiger partial charge in [0.25, 0.3) is 0 Å². The Morgan fingerprint density at radius 2 is 2.33 bits per heavy atom. The van der Waals surface area contributed by atoms with Gasteiger partial charge < -0.3 is 20.1 Å². The van der Waals surface area contributed by atoms with Crippen molar-refractivity contribution in [2.75, 3.05) is 12.3 Å². The lowest BCUT2D eigenvalue weighted by Gasteiger charge is -2.20. The first-order valence-electron chi connectivity index (χ1n) is 7.65. The Kier molecular flexibility index (Phi) is 3.87. The number of imidazole rings is 1. The maximum atomic E-state index is 10.0. The molecule has 0 bridgehead atoms. The number of aromatic nitrogens is 2. The van der Waals surface area contributed by atoms with E-state index in [4.69, 9.17) is 10.5 Å². The SMILES string of the molecule is CCC1OCCC1Cn1c(C(C)O)nc2cc(N)ccc21. The Labute approximate surface area is 124 Å². The van der Waals surface area contributed by atoms with Crippen LogP contribution in [0, 0.1) is 5.92 Å². The van der Waals surface area contributed by atoms with Gasteiger partial charge in [0, 0.05) is 24.8 Å². The summed E-state index contributed by atoms with van der Waals surface area (Å²) >= 11 is 0. The van der Waals surface area contributed by atoms with Crippen molar-refractivity contribution in [3.63, 3.8) is 0 Å². The highest BCUT2D eigenvalue weighted by Crippen LogP contribution is 2.29. The number of rotatable bonds is 4. The summed E-state index contributed by atoms with van der Waals surface area (Å²) < 4.78 is 7.91. The molecule has 21 heavy (non-hydrogen) atoms. The highest BCUT2D eigenvalue weighted by molar-refractivity contribution is 5.79. The summed E-state index contributed by atoms with van der Waals surface area (Å²) in [6.45, 7) is 5.57. The molecular weight excluding hydrogens is 266 g/mol. The molecule has 114 valence electrons. The summed E-state index contributed by atoms with van der Waals surface area (Å²) in [6, 6.07) is 5.73. The number of aliphatic hydroxyl groups excluding tert-OH is 1. The molecule has 3 atom stereocenters. The zero-order valence-corrected chi connectivity index (χ0v) is 12.6. The largest absolute Gasteiger partial charge is 0.399 e. The molecule has 1 aromatic carbocycles. The van der Waals surface area contributed by atoms with Crippen molar-refractivity contribution in [1.29, 1.82) is 0 Å². The molecule has 1 aromatic heterocycles. The minimum Gasteiger partial charge on any atom is -0.399 e. The quantitative estimate of drug-likeness (QED) is 0.848. The first kappa shape index (κ1) is 14.4. The van der Waals surface area contributed by atoms with E-state index in [1.807, 2.05) is 18.2 Å². The third-order valence-electron chi connectivity index (χ3n) is 4.34. The number of anilines is 1. The van der Waals surface area contributed by atoms with Crippen LogP contribution in [0.4, 0.5) is 5.69 Å². The predicted molar refractivity (Wildman–Crippen MR) is 82.9 cm³/mol. The molecule has 2 aromatic rings. The normalized spacial score (nSPS) is 23.8. The summed E-state index contributed by atoms with van der Waals surface area (Å²) in [6.07, 6.45) is 1.79. The summed E-state index contributed by atoms with van der Waals surface area (Å²) in [5, 5.41) is 10.0. The molecular formula is C16H23N3O2. The zero-order valence-electron chi connectivity index (χ0n) is 12.6. The first-order valence-corrected chi connectivity index (χ1v) is 7.65. The van der Waals surface area contributed by atoms with Crippen LogP contribution in [-0.2, 0) is 11.3 Å². The standard InChI is InChI=1S/C16H23N3O2/c1-3-15-11(6-7-21-15)9-19-14-5-4-12(17)8-13(14)18-16(19)10(2)20/h4-5,8,10-11,15,20H,3,6-7,9,17H2,1-2H3. The second-order valence-corrected chi connectivity index (χ2v) is 5.87. The van der Waals surface area contributed by atoms with Gasteiger partial charge in [-0.3, -0.25) is 0 Å². The lowest BCUT2D eigenvalue weighted by Crippen LogP contribution is -2.21. The van der Waals surface area contributed by atoms with E-state index in [1.165, 1.54) is 0 Å². The third kappa shape index (κ3) is 2.63. The van der Waals surface area contributed by atoms with Gasteiger partial charge in [-0.15, -0.1) is 0 Å². The molecule has 0 spiro atoms. The van der Waals surface area contributed by atoms with Crippen LogP contribution in [0.2, 0.25) is 0 Å². The van der Waals surface area contributed by atoms with Gasteiger partial charge in [-0.25, -0.2) is 4.98 Å². The molecule has 1 aliphatic rings. The number of nitrogens with two attached hydrogens (primary N) is 1. The van der Waals surface area contributed by atoms with Crippen molar-refractivity contribution < 1.29 is 9.84 Å². The Morgan fingerprint density at radius 1 is 1.52 bits per heavy atom. The molecule has 3 unspecified atom stereocenters. The van der Waals surface area contributed by atoms with Gasteiger partial charge in [-0.1, -0.05) is 6.92 Å². The number of nitrogen functional groups attached to an aromatic ring is 1. The number of aliphatic hydroxyl groups is 1. The van der Waals surface area contributed by atoms with Gasteiger partial charge in [0.15, 0.2) is 0 Å². The van der Waals surface area contributed by atoms with Gasteiger partial charge in [-0.05, 0) is 38.0 Å². The fourth-order valence-corrected chi connectivity index (χ4v) is 3.26. The molecule has 0 saturated carbocycles. The monoisotopic (exact) mass is 289 g/mol. The maximum Gasteiger partial charge on any atom is 0.138 e. The minimum absolute atomic E-state index is 0.304. The Morgan fingerprint density at radius 3 is 3.05 bits per heavy atom. The Balaban J connectivity index is 2.01. The van der Waals surface area contributed by atoms with E-state index in [1.54, 1.807) is 6.92 Å². The van der Waals surface area contributed by atoms with Crippen LogP contribution < -0.4 is 5.73 Å². The van der Waals surface area contributed by atoms with Crippen LogP contribution in [0.25, 0.3) is 11.0 Å². The summed E-state index contributed by atoms with van der Waals surface area (Å²) in [5.41, 5.74) is 8.40. The summed E-state index contributed by atoms with van der Waals surface area (Å²) in [4.78, 5) is 4.56. The van der Waals surface area contributed by atoms with Crippen molar-refractivity contribution in [3.05, 3.63) is 24.0 Å². The summed E-state index contributed by atoms with van der Waals surface area (Å²) in [5.74, 6) is 1.18. The first-order chi connectivity index (χ1) is 10.1. The van der Waals surface area contributed by atoms with E-state index in [-0.39, 0.29) is 0 Å². The predicted octanol–water partition coefficient (Wildman–Crippen LogP) is 2.49. The van der Waals surface area contributed by atoms with Gasteiger partial charge in [-0.2, -0.15) is 0 Å². The average Bonchev–Trinajstić information content (AvgIpc) is 3.03. The van der Waals surface area contributed by atoms with Crippen molar-refractivity contribution in [2.45, 2.75) is 45.4 Å².